The first-order valence-electron chi connectivity index (χ1n) is 5.70. The molecule has 0 amide bonds. The summed E-state index contributed by atoms with van der Waals surface area (Å²) in [6, 6.07) is 5.36. The summed E-state index contributed by atoms with van der Waals surface area (Å²) < 4.78 is 10.3. The Balaban J connectivity index is 2.19. The Morgan fingerprint density at radius 3 is 3.00 bits per heavy atom. The van der Waals surface area contributed by atoms with Crippen LogP contribution in [-0.4, -0.2) is 30.3 Å². The fourth-order valence-electron chi connectivity index (χ4n) is 2.09. The number of ether oxygens (including phenoxy) is 2. The molecule has 1 aliphatic heterocycles. The topological polar surface area (TPSA) is 72.8 Å². The summed E-state index contributed by atoms with van der Waals surface area (Å²) in [5.41, 5.74) is 1.30. The van der Waals surface area contributed by atoms with Crippen LogP contribution in [0.2, 0.25) is 0 Å². The molecule has 0 saturated carbocycles. The molecule has 96 valence electrons. The van der Waals surface area contributed by atoms with Gasteiger partial charge in [-0.2, -0.15) is 0 Å². The van der Waals surface area contributed by atoms with Crippen molar-refractivity contribution < 1.29 is 24.2 Å². The molecule has 1 aliphatic rings. The van der Waals surface area contributed by atoms with E-state index < -0.39 is 11.9 Å². The predicted octanol–water partition coefficient (Wildman–Crippen LogP) is 1.64. The Morgan fingerprint density at radius 1 is 1.56 bits per heavy atom. The lowest BCUT2D eigenvalue weighted by atomic mass is 9.95. The summed E-state index contributed by atoms with van der Waals surface area (Å²) in [7, 11) is 1.50. The van der Waals surface area contributed by atoms with Gasteiger partial charge in [0.15, 0.2) is 0 Å². The molecule has 0 aliphatic carbocycles. The largest absolute Gasteiger partial charge is 0.496 e. The summed E-state index contributed by atoms with van der Waals surface area (Å²) >= 11 is 0. The van der Waals surface area contributed by atoms with E-state index in [1.165, 1.54) is 7.11 Å². The van der Waals surface area contributed by atoms with E-state index in [0.717, 1.165) is 5.56 Å². The van der Waals surface area contributed by atoms with Gasteiger partial charge in [0.25, 0.3) is 0 Å². The zero-order chi connectivity index (χ0) is 13.1. The van der Waals surface area contributed by atoms with Gasteiger partial charge in [0, 0.05) is 12.8 Å². The number of hydrogen-bond acceptors (Lipinski definition) is 4. The molecule has 1 heterocycles. The molecule has 0 spiro atoms. The van der Waals surface area contributed by atoms with E-state index in [9.17, 15) is 9.59 Å². The maximum atomic E-state index is 11.9. The van der Waals surface area contributed by atoms with Crippen molar-refractivity contribution in [2.75, 3.05) is 7.11 Å². The molecule has 0 bridgehead atoms. The van der Waals surface area contributed by atoms with Crippen LogP contribution in [0.15, 0.2) is 18.2 Å². The predicted molar refractivity (Wildman–Crippen MR) is 62.8 cm³/mol. The summed E-state index contributed by atoms with van der Waals surface area (Å²) in [6.45, 7) is 0. The third kappa shape index (κ3) is 2.45. The molecule has 1 atom stereocenters. The van der Waals surface area contributed by atoms with Crippen molar-refractivity contribution in [3.63, 3.8) is 0 Å². The number of carboxylic acids is 1. The molecule has 18 heavy (non-hydrogen) atoms. The number of carbonyl (C=O) groups is 2. The van der Waals surface area contributed by atoms with E-state index in [-0.39, 0.29) is 12.5 Å². The maximum Gasteiger partial charge on any atom is 0.342 e. The summed E-state index contributed by atoms with van der Waals surface area (Å²) in [4.78, 5) is 22.4. The van der Waals surface area contributed by atoms with Crippen LogP contribution in [0.25, 0.3) is 0 Å². The number of fused-ring (bicyclic) bond motifs is 1. The SMILES string of the molecule is COc1cccc2c1C(=O)O[C@H](CCC(=O)O)C2. The summed E-state index contributed by atoms with van der Waals surface area (Å²) in [6.07, 6.45) is 0.494. The second-order valence-electron chi connectivity index (χ2n) is 4.16. The molecule has 0 aromatic heterocycles. The highest BCUT2D eigenvalue weighted by Crippen LogP contribution is 2.29. The van der Waals surface area contributed by atoms with E-state index in [4.69, 9.17) is 14.6 Å². The number of carboxylic acid groups (broad SMARTS) is 1. The van der Waals surface area contributed by atoms with Gasteiger partial charge in [-0.1, -0.05) is 12.1 Å². The van der Waals surface area contributed by atoms with Crippen LogP contribution in [0.3, 0.4) is 0 Å². The number of rotatable bonds is 4. The van der Waals surface area contributed by atoms with Gasteiger partial charge in [-0.15, -0.1) is 0 Å². The monoisotopic (exact) mass is 250 g/mol. The van der Waals surface area contributed by atoms with Crippen molar-refractivity contribution in [3.05, 3.63) is 29.3 Å². The lowest BCUT2D eigenvalue weighted by molar-refractivity contribution is -0.137. The van der Waals surface area contributed by atoms with Crippen LogP contribution >= 0.6 is 0 Å². The minimum atomic E-state index is -0.887. The van der Waals surface area contributed by atoms with Crippen molar-refractivity contribution in [1.29, 1.82) is 0 Å². The van der Waals surface area contributed by atoms with Crippen LogP contribution < -0.4 is 4.74 Å². The van der Waals surface area contributed by atoms with Crippen molar-refractivity contribution in [1.82, 2.24) is 0 Å². The highest BCUT2D eigenvalue weighted by atomic mass is 16.5. The van der Waals surface area contributed by atoms with E-state index >= 15 is 0 Å². The molecule has 5 heteroatoms. The normalized spacial score (nSPS) is 17.8. The molecular weight excluding hydrogens is 236 g/mol. The van der Waals surface area contributed by atoms with E-state index in [1.807, 2.05) is 12.1 Å². The van der Waals surface area contributed by atoms with E-state index in [2.05, 4.69) is 0 Å². The number of aliphatic carboxylic acids is 1. The molecular formula is C13H14O5. The number of benzene rings is 1. The first-order valence-corrected chi connectivity index (χ1v) is 5.70. The molecule has 5 nitrogen and oxygen atoms in total. The third-order valence-corrected chi connectivity index (χ3v) is 2.94. The summed E-state index contributed by atoms with van der Waals surface area (Å²) in [5.74, 6) is -0.833. The van der Waals surface area contributed by atoms with Crippen molar-refractivity contribution in [2.24, 2.45) is 0 Å². The van der Waals surface area contributed by atoms with Gasteiger partial charge >= 0.3 is 11.9 Å². The first-order chi connectivity index (χ1) is 8.61. The Morgan fingerprint density at radius 2 is 2.33 bits per heavy atom. The van der Waals surface area contributed by atoms with Gasteiger partial charge in [-0.3, -0.25) is 4.79 Å². The van der Waals surface area contributed by atoms with Gasteiger partial charge in [-0.05, 0) is 18.1 Å². The van der Waals surface area contributed by atoms with Crippen LogP contribution in [0.5, 0.6) is 5.75 Å². The highest BCUT2D eigenvalue weighted by molar-refractivity contribution is 5.95. The second kappa shape index (κ2) is 5.08. The van der Waals surface area contributed by atoms with Crippen LogP contribution in [0, 0.1) is 0 Å². The zero-order valence-corrected chi connectivity index (χ0v) is 10.0. The molecule has 0 fully saturated rings. The molecule has 1 aromatic rings. The smallest absolute Gasteiger partial charge is 0.342 e. The average molecular weight is 250 g/mol. The number of esters is 1. The first kappa shape index (κ1) is 12.4. The Bertz CT molecular complexity index is 480. The number of methoxy groups -OCH3 is 1. The van der Waals surface area contributed by atoms with Crippen LogP contribution in [-0.2, 0) is 16.0 Å². The quantitative estimate of drug-likeness (QED) is 0.822. The molecule has 1 aromatic carbocycles. The highest BCUT2D eigenvalue weighted by Gasteiger charge is 2.29. The Kier molecular flexibility index (Phi) is 3.50. The van der Waals surface area contributed by atoms with Crippen molar-refractivity contribution >= 4 is 11.9 Å². The number of hydrogen-bond donors (Lipinski definition) is 1. The van der Waals surface area contributed by atoms with Gasteiger partial charge in [0.05, 0.1) is 7.11 Å². The number of cyclic esters (lactones) is 1. The third-order valence-electron chi connectivity index (χ3n) is 2.94. The van der Waals surface area contributed by atoms with E-state index in [0.29, 0.717) is 24.2 Å². The van der Waals surface area contributed by atoms with Gasteiger partial charge in [-0.25, -0.2) is 4.79 Å². The Labute approximate surface area is 104 Å². The molecule has 1 N–H and O–H groups in total. The average Bonchev–Trinajstić information content (AvgIpc) is 2.35. The zero-order valence-electron chi connectivity index (χ0n) is 10.0. The molecule has 0 saturated heterocycles. The lowest BCUT2D eigenvalue weighted by Crippen LogP contribution is -2.28. The van der Waals surface area contributed by atoms with Gasteiger partial charge in [0.1, 0.15) is 17.4 Å². The molecule has 0 unspecified atom stereocenters. The summed E-state index contributed by atoms with van der Waals surface area (Å²) in [5, 5.41) is 8.63. The fraction of sp³-hybridized carbons (Fsp3) is 0.385. The fourth-order valence-corrected chi connectivity index (χ4v) is 2.09. The van der Waals surface area contributed by atoms with Crippen molar-refractivity contribution in [2.45, 2.75) is 25.4 Å². The van der Waals surface area contributed by atoms with Gasteiger partial charge < -0.3 is 14.6 Å². The Hall–Kier alpha value is -2.04. The second-order valence-corrected chi connectivity index (χ2v) is 4.16. The molecule has 0 radical (unpaired) electrons. The molecule has 2 rings (SSSR count). The van der Waals surface area contributed by atoms with E-state index in [1.54, 1.807) is 6.07 Å². The van der Waals surface area contributed by atoms with Crippen molar-refractivity contribution in [3.8, 4) is 5.75 Å². The maximum absolute atomic E-state index is 11.9. The minimum Gasteiger partial charge on any atom is -0.496 e. The van der Waals surface area contributed by atoms with Gasteiger partial charge in [0.2, 0.25) is 0 Å². The van der Waals surface area contributed by atoms with Crippen LogP contribution in [0.4, 0.5) is 0 Å². The minimum absolute atomic E-state index is 0.00273. The number of carbonyl (C=O) groups excluding carboxylic acids is 1. The standard InChI is InChI=1S/C13H14O5/c1-17-10-4-2-3-8-7-9(5-6-11(14)15)18-13(16)12(8)10/h2-4,9H,5-7H2,1H3,(H,14,15)/t9-/m1/s1. The van der Waals surface area contributed by atoms with Crippen LogP contribution in [0.1, 0.15) is 28.8 Å². The lowest BCUT2D eigenvalue weighted by Gasteiger charge is -2.25.